The van der Waals surface area contributed by atoms with Crippen LogP contribution in [0.15, 0.2) is 78.9 Å². The average Bonchev–Trinajstić information content (AvgIpc) is 2.89. The lowest BCUT2D eigenvalue weighted by Crippen LogP contribution is -2.54. The van der Waals surface area contributed by atoms with Gasteiger partial charge < -0.3 is 10.2 Å². The first-order valence-corrected chi connectivity index (χ1v) is 15.6. The van der Waals surface area contributed by atoms with Gasteiger partial charge in [0.1, 0.15) is 11.9 Å². The normalized spacial score (nSPS) is 12.4. The number of amides is 2. The summed E-state index contributed by atoms with van der Waals surface area (Å²) in [6, 6.07) is 20.9. The Morgan fingerprint density at radius 1 is 0.951 bits per heavy atom. The van der Waals surface area contributed by atoms with E-state index in [-0.39, 0.29) is 44.2 Å². The number of nitrogens with zero attached hydrogens (tertiary/aromatic N) is 2. The minimum absolute atomic E-state index is 0.00762. The van der Waals surface area contributed by atoms with Crippen molar-refractivity contribution in [1.82, 2.24) is 10.2 Å². The molecule has 2 amide bonds. The molecule has 41 heavy (non-hydrogen) atoms. The van der Waals surface area contributed by atoms with E-state index in [9.17, 15) is 22.4 Å². The average molecular weight is 602 g/mol. The molecule has 220 valence electrons. The fourth-order valence-electron chi connectivity index (χ4n) is 4.43. The Balaban J connectivity index is 1.91. The Labute approximate surface area is 247 Å². The second kappa shape index (κ2) is 14.0. The minimum Gasteiger partial charge on any atom is -0.350 e. The number of anilines is 1. The zero-order chi connectivity index (χ0) is 30.2. The smallest absolute Gasteiger partial charge is 0.243 e. The van der Waals surface area contributed by atoms with Gasteiger partial charge in [-0.2, -0.15) is 0 Å². The van der Waals surface area contributed by atoms with E-state index in [1.54, 1.807) is 12.1 Å². The maximum Gasteiger partial charge on any atom is 0.243 e. The van der Waals surface area contributed by atoms with Gasteiger partial charge >= 0.3 is 0 Å². The fraction of sp³-hybridized carbons (Fsp3) is 0.355. The number of sulfonamides is 1. The summed E-state index contributed by atoms with van der Waals surface area (Å²) in [6.07, 6.45) is 1.51. The van der Waals surface area contributed by atoms with Gasteiger partial charge in [0, 0.05) is 36.5 Å². The van der Waals surface area contributed by atoms with Crippen molar-refractivity contribution in [3.63, 3.8) is 0 Å². The van der Waals surface area contributed by atoms with Gasteiger partial charge in [0.25, 0.3) is 0 Å². The molecule has 1 N–H and O–H groups in total. The van der Waals surface area contributed by atoms with Crippen molar-refractivity contribution < 1.29 is 22.4 Å². The Morgan fingerprint density at radius 2 is 1.56 bits per heavy atom. The van der Waals surface area contributed by atoms with Crippen LogP contribution >= 0.6 is 11.6 Å². The van der Waals surface area contributed by atoms with E-state index in [1.165, 1.54) is 29.2 Å². The maximum atomic E-state index is 13.9. The number of benzene rings is 3. The number of carbonyl (C=O) groups excluding carboxylic acids is 2. The summed E-state index contributed by atoms with van der Waals surface area (Å²) in [4.78, 5) is 29.0. The molecular weight excluding hydrogens is 565 g/mol. The minimum atomic E-state index is -3.69. The van der Waals surface area contributed by atoms with Crippen molar-refractivity contribution >= 4 is 39.1 Å². The summed E-state index contributed by atoms with van der Waals surface area (Å²) >= 11 is 6.46. The van der Waals surface area contributed by atoms with Gasteiger partial charge in [-0.15, -0.1) is 0 Å². The van der Waals surface area contributed by atoms with Crippen molar-refractivity contribution in [1.29, 1.82) is 0 Å². The predicted octanol–water partition coefficient (Wildman–Crippen LogP) is 5.58. The first-order valence-electron chi connectivity index (χ1n) is 13.4. The second-order valence-electron chi connectivity index (χ2n) is 11.0. The predicted molar refractivity (Wildman–Crippen MR) is 162 cm³/mol. The van der Waals surface area contributed by atoms with Crippen LogP contribution in [0.25, 0.3) is 0 Å². The molecule has 10 heteroatoms. The molecule has 0 saturated carbocycles. The molecule has 0 heterocycles. The molecule has 0 bridgehead atoms. The first kappa shape index (κ1) is 32.1. The summed E-state index contributed by atoms with van der Waals surface area (Å²) in [7, 11) is -3.69. The zero-order valence-electron chi connectivity index (χ0n) is 23.8. The van der Waals surface area contributed by atoms with Crippen LogP contribution in [0.2, 0.25) is 5.02 Å². The number of halogens is 2. The molecule has 1 atom stereocenters. The molecule has 7 nitrogen and oxygen atoms in total. The highest BCUT2D eigenvalue weighted by molar-refractivity contribution is 7.92. The van der Waals surface area contributed by atoms with E-state index in [2.05, 4.69) is 5.32 Å². The van der Waals surface area contributed by atoms with Crippen LogP contribution in [0.5, 0.6) is 0 Å². The van der Waals surface area contributed by atoms with Crippen LogP contribution in [0.4, 0.5) is 10.1 Å². The van der Waals surface area contributed by atoms with Gasteiger partial charge in [0.2, 0.25) is 21.8 Å². The van der Waals surface area contributed by atoms with E-state index in [4.69, 9.17) is 11.6 Å². The van der Waals surface area contributed by atoms with Crippen molar-refractivity contribution in [2.24, 2.45) is 0 Å². The summed E-state index contributed by atoms with van der Waals surface area (Å²) < 4.78 is 39.6. The van der Waals surface area contributed by atoms with Crippen LogP contribution in [0.3, 0.4) is 0 Å². The lowest BCUT2D eigenvalue weighted by molar-refractivity contribution is -0.142. The molecule has 0 spiro atoms. The Kier molecular flexibility index (Phi) is 10.9. The topological polar surface area (TPSA) is 86.8 Å². The van der Waals surface area contributed by atoms with Crippen molar-refractivity contribution in [3.8, 4) is 0 Å². The monoisotopic (exact) mass is 601 g/mol. The van der Waals surface area contributed by atoms with E-state index >= 15 is 0 Å². The number of rotatable bonds is 12. The molecule has 0 aliphatic carbocycles. The molecule has 3 aromatic carbocycles. The number of hydrogen-bond acceptors (Lipinski definition) is 4. The van der Waals surface area contributed by atoms with Gasteiger partial charge in [0.05, 0.1) is 11.9 Å². The van der Waals surface area contributed by atoms with Crippen LogP contribution in [-0.4, -0.2) is 49.5 Å². The highest BCUT2D eigenvalue weighted by Crippen LogP contribution is 2.23. The van der Waals surface area contributed by atoms with E-state index in [1.807, 2.05) is 63.2 Å². The highest BCUT2D eigenvalue weighted by atomic mass is 35.5. The molecule has 3 aromatic rings. The number of nitrogens with one attached hydrogen (secondary N) is 1. The van der Waals surface area contributed by atoms with Crippen LogP contribution in [-0.2, 0) is 32.6 Å². The third-order valence-corrected chi connectivity index (χ3v) is 7.90. The quantitative estimate of drug-likeness (QED) is 0.294. The van der Waals surface area contributed by atoms with Gasteiger partial charge in [0.15, 0.2) is 0 Å². The molecule has 3 rings (SSSR count). The van der Waals surface area contributed by atoms with Crippen molar-refractivity contribution in [3.05, 3.63) is 101 Å². The molecule has 0 fully saturated rings. The second-order valence-corrected chi connectivity index (χ2v) is 13.3. The lowest BCUT2D eigenvalue weighted by Gasteiger charge is -2.34. The largest absolute Gasteiger partial charge is 0.350 e. The molecule has 0 aromatic heterocycles. The fourth-order valence-corrected chi connectivity index (χ4v) is 5.59. The maximum absolute atomic E-state index is 13.9. The molecule has 0 unspecified atom stereocenters. The third kappa shape index (κ3) is 9.86. The van der Waals surface area contributed by atoms with Crippen molar-refractivity contribution in [2.75, 3.05) is 17.1 Å². The van der Waals surface area contributed by atoms with Crippen LogP contribution in [0, 0.1) is 5.82 Å². The molecule has 0 radical (unpaired) electrons. The number of carbonyl (C=O) groups is 2. The van der Waals surface area contributed by atoms with Gasteiger partial charge in [-0.05, 0) is 68.7 Å². The third-order valence-electron chi connectivity index (χ3n) is 6.33. The van der Waals surface area contributed by atoms with E-state index in [0.717, 1.165) is 16.1 Å². The van der Waals surface area contributed by atoms with Crippen molar-refractivity contribution in [2.45, 2.75) is 58.2 Å². The van der Waals surface area contributed by atoms with E-state index in [0.29, 0.717) is 16.3 Å². The lowest BCUT2D eigenvalue weighted by atomic mass is 10.00. The first-order chi connectivity index (χ1) is 19.2. The number of hydrogen-bond donors (Lipinski definition) is 1. The SMILES string of the molecule is CC(C)(C)NC(=O)[C@H](Cc1ccccc1)N(Cc1ccccc1Cl)C(=O)CCCN(c1ccc(F)cc1)S(C)(=O)=O. The Hall–Kier alpha value is -3.43. The summed E-state index contributed by atoms with van der Waals surface area (Å²) in [6.45, 7) is 5.73. The van der Waals surface area contributed by atoms with Gasteiger partial charge in [-0.25, -0.2) is 12.8 Å². The molecular formula is C31H37ClFN3O4S. The van der Waals surface area contributed by atoms with Gasteiger partial charge in [-0.3, -0.25) is 13.9 Å². The highest BCUT2D eigenvalue weighted by Gasteiger charge is 2.32. The van der Waals surface area contributed by atoms with Gasteiger partial charge in [-0.1, -0.05) is 60.1 Å². The molecule has 0 aliphatic rings. The summed E-state index contributed by atoms with van der Waals surface area (Å²) in [5.41, 5.74) is 1.35. The zero-order valence-corrected chi connectivity index (χ0v) is 25.4. The van der Waals surface area contributed by atoms with Crippen LogP contribution in [0.1, 0.15) is 44.7 Å². The van der Waals surface area contributed by atoms with E-state index < -0.39 is 27.4 Å². The van der Waals surface area contributed by atoms with Crippen LogP contribution < -0.4 is 9.62 Å². The molecule has 0 saturated heterocycles. The summed E-state index contributed by atoms with van der Waals surface area (Å²) in [5, 5.41) is 3.48. The Morgan fingerprint density at radius 3 is 2.15 bits per heavy atom. The Bertz CT molecular complexity index is 1430. The standard InChI is InChI=1S/C31H37ClFN3O4S/c1-31(2,3)34-30(38)28(21-23-11-6-5-7-12-23)35(22-24-13-8-9-14-27(24)32)29(37)15-10-20-36(41(4,39)40)26-18-16-25(33)17-19-26/h5-9,11-14,16-19,28H,10,15,20-22H2,1-4H3,(H,34,38)/t28-/m0/s1. The summed E-state index contributed by atoms with van der Waals surface area (Å²) in [5.74, 6) is -1.10. The molecule has 0 aliphatic heterocycles.